The van der Waals surface area contributed by atoms with E-state index in [1.54, 1.807) is 22.6 Å². The fraction of sp³-hybridized carbons (Fsp3) is 0.400. The Morgan fingerprint density at radius 1 is 1.11 bits per heavy atom. The van der Waals surface area contributed by atoms with E-state index in [1.807, 2.05) is 18.2 Å². The van der Waals surface area contributed by atoms with Crippen LogP contribution < -0.4 is 5.32 Å². The summed E-state index contributed by atoms with van der Waals surface area (Å²) in [5, 5.41) is 2.79. The van der Waals surface area contributed by atoms with Crippen LogP contribution in [0.15, 0.2) is 53.6 Å². The average molecular weight is 388 g/mol. The van der Waals surface area contributed by atoms with Crippen LogP contribution in [0.3, 0.4) is 0 Å². The van der Waals surface area contributed by atoms with E-state index >= 15 is 0 Å². The van der Waals surface area contributed by atoms with Gasteiger partial charge in [-0.3, -0.25) is 9.78 Å². The summed E-state index contributed by atoms with van der Waals surface area (Å²) in [6.45, 7) is 5.56. The fourth-order valence-corrected chi connectivity index (χ4v) is 5.18. The Morgan fingerprint density at radius 2 is 1.78 bits per heavy atom. The highest BCUT2D eigenvalue weighted by atomic mass is 32.2. The number of pyridine rings is 1. The van der Waals surface area contributed by atoms with Gasteiger partial charge in [-0.25, -0.2) is 8.42 Å². The maximum Gasteiger partial charge on any atom is 0.251 e. The highest BCUT2D eigenvalue weighted by Gasteiger charge is 2.31. The first-order valence-corrected chi connectivity index (χ1v) is 10.6. The molecular formula is C20H25N3O3S. The smallest absolute Gasteiger partial charge is 0.251 e. The molecule has 3 rings (SSSR count). The third kappa shape index (κ3) is 4.73. The molecule has 1 aliphatic heterocycles. The molecule has 0 bridgehead atoms. The lowest BCUT2D eigenvalue weighted by molar-refractivity contribution is 0.0950. The summed E-state index contributed by atoms with van der Waals surface area (Å²) in [6.07, 6.45) is 2.71. The van der Waals surface area contributed by atoms with Crippen LogP contribution in [-0.2, 0) is 16.6 Å². The first-order valence-electron chi connectivity index (χ1n) is 9.14. The second-order valence-corrected chi connectivity index (χ2v) is 9.23. The van der Waals surface area contributed by atoms with Crippen LogP contribution in [0.2, 0.25) is 0 Å². The van der Waals surface area contributed by atoms with Gasteiger partial charge in [-0.1, -0.05) is 19.9 Å². The zero-order chi connectivity index (χ0) is 19.4. The molecule has 1 aromatic carbocycles. The zero-order valence-corrected chi connectivity index (χ0v) is 16.4. The van der Waals surface area contributed by atoms with Gasteiger partial charge in [0.1, 0.15) is 0 Å². The summed E-state index contributed by atoms with van der Waals surface area (Å²) in [5.74, 6) is 0.435. The summed E-state index contributed by atoms with van der Waals surface area (Å²) >= 11 is 0. The van der Waals surface area contributed by atoms with Crippen molar-refractivity contribution in [3.05, 3.63) is 59.9 Å². The number of benzene rings is 1. The van der Waals surface area contributed by atoms with E-state index < -0.39 is 10.0 Å². The van der Waals surface area contributed by atoms with Gasteiger partial charge < -0.3 is 5.32 Å². The summed E-state index contributed by atoms with van der Waals surface area (Å²) in [6, 6.07) is 11.6. The highest BCUT2D eigenvalue weighted by molar-refractivity contribution is 7.89. The zero-order valence-electron chi connectivity index (χ0n) is 15.6. The molecule has 1 aliphatic rings. The number of carbonyl (C=O) groups is 1. The van der Waals surface area contributed by atoms with Gasteiger partial charge in [0.2, 0.25) is 10.0 Å². The van der Waals surface area contributed by atoms with Crippen molar-refractivity contribution in [3.63, 3.8) is 0 Å². The number of piperidine rings is 1. The van der Waals surface area contributed by atoms with E-state index in [2.05, 4.69) is 24.1 Å². The van der Waals surface area contributed by atoms with E-state index in [-0.39, 0.29) is 10.8 Å². The molecule has 0 spiro atoms. The van der Waals surface area contributed by atoms with Crippen LogP contribution in [0.4, 0.5) is 0 Å². The lowest BCUT2D eigenvalue weighted by Gasteiger charge is -2.34. The van der Waals surface area contributed by atoms with Gasteiger partial charge in [0.05, 0.1) is 17.1 Å². The van der Waals surface area contributed by atoms with E-state index in [0.29, 0.717) is 37.0 Å². The Morgan fingerprint density at radius 3 is 2.37 bits per heavy atom. The molecule has 0 radical (unpaired) electrons. The number of aromatic nitrogens is 1. The minimum Gasteiger partial charge on any atom is -0.346 e. The molecule has 2 atom stereocenters. The van der Waals surface area contributed by atoms with E-state index in [9.17, 15) is 13.2 Å². The lowest BCUT2D eigenvalue weighted by Crippen LogP contribution is -2.42. The number of sulfonamides is 1. The molecule has 1 aromatic heterocycles. The topological polar surface area (TPSA) is 79.4 Å². The fourth-order valence-electron chi connectivity index (χ4n) is 3.50. The third-order valence-corrected chi connectivity index (χ3v) is 6.59. The molecule has 1 saturated heterocycles. The minimum absolute atomic E-state index is 0.227. The van der Waals surface area contributed by atoms with Crippen molar-refractivity contribution in [2.45, 2.75) is 31.7 Å². The number of carbonyl (C=O) groups excluding carboxylic acids is 1. The van der Waals surface area contributed by atoms with Gasteiger partial charge in [0.25, 0.3) is 5.91 Å². The largest absolute Gasteiger partial charge is 0.346 e. The molecule has 1 fully saturated rings. The molecule has 1 amide bonds. The molecule has 2 aromatic rings. The molecule has 1 N–H and O–H groups in total. The van der Waals surface area contributed by atoms with Crippen molar-refractivity contribution in [3.8, 4) is 0 Å². The van der Waals surface area contributed by atoms with Gasteiger partial charge in [0.15, 0.2) is 0 Å². The summed E-state index contributed by atoms with van der Waals surface area (Å²) in [5.41, 5.74) is 1.18. The van der Waals surface area contributed by atoms with Crippen LogP contribution in [0.25, 0.3) is 0 Å². The standard InChI is InChI=1S/C20H25N3O3S/c1-15-11-16(2)14-23(13-15)27(25,26)19-8-6-17(7-9-19)20(24)22-12-18-5-3-4-10-21-18/h3-10,15-16H,11-14H2,1-2H3,(H,22,24). The van der Waals surface area contributed by atoms with Crippen molar-refractivity contribution >= 4 is 15.9 Å². The highest BCUT2D eigenvalue weighted by Crippen LogP contribution is 2.26. The predicted molar refractivity (Wildman–Crippen MR) is 104 cm³/mol. The average Bonchev–Trinajstić information content (AvgIpc) is 2.66. The number of nitrogens with one attached hydrogen (secondary N) is 1. The number of hydrogen-bond donors (Lipinski definition) is 1. The molecule has 7 heteroatoms. The molecule has 0 saturated carbocycles. The lowest BCUT2D eigenvalue weighted by atomic mass is 9.94. The number of rotatable bonds is 5. The molecule has 6 nitrogen and oxygen atoms in total. The summed E-state index contributed by atoms with van der Waals surface area (Å²) < 4.78 is 27.3. The van der Waals surface area contributed by atoms with Gasteiger partial charge in [-0.05, 0) is 54.7 Å². The van der Waals surface area contributed by atoms with Crippen LogP contribution in [0.5, 0.6) is 0 Å². The second kappa shape index (κ2) is 8.19. The summed E-state index contributed by atoms with van der Waals surface area (Å²) in [7, 11) is -3.53. The SMILES string of the molecule is CC1CC(C)CN(S(=O)(=O)c2ccc(C(=O)NCc3ccccn3)cc2)C1. The molecular weight excluding hydrogens is 362 g/mol. The monoisotopic (exact) mass is 387 g/mol. The molecule has 0 aliphatic carbocycles. The van der Waals surface area contributed by atoms with Crippen molar-refractivity contribution in [1.82, 2.24) is 14.6 Å². The van der Waals surface area contributed by atoms with E-state index in [4.69, 9.17) is 0 Å². The van der Waals surface area contributed by atoms with Gasteiger partial charge in [-0.15, -0.1) is 0 Å². The molecule has 144 valence electrons. The molecule has 2 unspecified atom stereocenters. The van der Waals surface area contributed by atoms with Crippen LogP contribution in [0.1, 0.15) is 36.3 Å². The number of nitrogens with zero attached hydrogens (tertiary/aromatic N) is 2. The van der Waals surface area contributed by atoms with Crippen molar-refractivity contribution < 1.29 is 13.2 Å². The van der Waals surface area contributed by atoms with E-state index in [1.165, 1.54) is 12.1 Å². The van der Waals surface area contributed by atoms with Crippen molar-refractivity contribution in [2.75, 3.05) is 13.1 Å². The Balaban J connectivity index is 1.68. The first kappa shape index (κ1) is 19.5. The molecule has 27 heavy (non-hydrogen) atoms. The minimum atomic E-state index is -3.53. The van der Waals surface area contributed by atoms with Gasteiger partial charge >= 0.3 is 0 Å². The van der Waals surface area contributed by atoms with Crippen LogP contribution in [0, 0.1) is 11.8 Å². The Labute approximate surface area is 160 Å². The Kier molecular flexibility index (Phi) is 5.92. The normalized spacial score (nSPS) is 21.0. The van der Waals surface area contributed by atoms with Gasteiger partial charge in [-0.2, -0.15) is 4.31 Å². The number of amides is 1. The Bertz CT molecular complexity index is 872. The third-order valence-electron chi connectivity index (χ3n) is 4.75. The molecule has 2 heterocycles. The summed E-state index contributed by atoms with van der Waals surface area (Å²) in [4.78, 5) is 16.6. The van der Waals surface area contributed by atoms with Crippen molar-refractivity contribution in [1.29, 1.82) is 0 Å². The first-order chi connectivity index (χ1) is 12.9. The Hall–Kier alpha value is -2.25. The quantitative estimate of drug-likeness (QED) is 0.855. The van der Waals surface area contributed by atoms with Crippen LogP contribution in [-0.4, -0.2) is 36.7 Å². The van der Waals surface area contributed by atoms with Crippen molar-refractivity contribution in [2.24, 2.45) is 11.8 Å². The van der Waals surface area contributed by atoms with E-state index in [0.717, 1.165) is 12.1 Å². The second-order valence-electron chi connectivity index (χ2n) is 7.30. The van der Waals surface area contributed by atoms with Gasteiger partial charge in [0, 0.05) is 24.8 Å². The maximum absolute atomic E-state index is 12.9. The maximum atomic E-state index is 12.9. The number of hydrogen-bond acceptors (Lipinski definition) is 4. The predicted octanol–water partition coefficient (Wildman–Crippen LogP) is 2.68. The van der Waals surface area contributed by atoms with Crippen LogP contribution >= 0.6 is 0 Å².